The number of hydrogen-bond donors (Lipinski definition) is 0. The van der Waals surface area contributed by atoms with Crippen molar-refractivity contribution in [2.24, 2.45) is 0 Å². The Balaban J connectivity index is 2.41. The van der Waals surface area contributed by atoms with E-state index in [2.05, 4.69) is 28.5 Å². The highest BCUT2D eigenvalue weighted by Gasteiger charge is 2.06. The maximum atomic E-state index is 4.09. The Bertz CT molecular complexity index is 309. The number of rotatable bonds is 0. The number of fused-ring (bicyclic) bond motifs is 1. The van der Waals surface area contributed by atoms with Crippen LogP contribution in [0.15, 0.2) is 29.4 Å². The molecule has 1 aromatic heterocycles. The fourth-order valence-electron chi connectivity index (χ4n) is 1.14. The highest BCUT2D eigenvalue weighted by Crippen LogP contribution is 2.27. The van der Waals surface area contributed by atoms with Crippen molar-refractivity contribution in [1.82, 2.24) is 9.29 Å². The molecule has 0 bridgehead atoms. The Morgan fingerprint density at radius 3 is 3.42 bits per heavy atom. The van der Waals surface area contributed by atoms with Crippen LogP contribution in [0.4, 0.5) is 0 Å². The standard InChI is InChI=1S/C9H10N2S/c1-11-6-2-3-8-4-5-10-7-9(8)12-11/h2-5,7H,6H2,1H3. The fraction of sp³-hybridized carbons (Fsp3) is 0.222. The quantitative estimate of drug-likeness (QED) is 0.566. The van der Waals surface area contributed by atoms with Crippen LogP contribution in [-0.4, -0.2) is 22.9 Å². The van der Waals surface area contributed by atoms with Crippen LogP contribution in [0, 0.1) is 0 Å². The van der Waals surface area contributed by atoms with Gasteiger partial charge in [-0.2, -0.15) is 0 Å². The lowest BCUT2D eigenvalue weighted by Gasteiger charge is -2.10. The van der Waals surface area contributed by atoms with Gasteiger partial charge in [-0.05, 0) is 30.6 Å². The maximum Gasteiger partial charge on any atom is 0.0486 e. The van der Waals surface area contributed by atoms with Crippen molar-refractivity contribution in [3.8, 4) is 0 Å². The smallest absolute Gasteiger partial charge is 0.0486 e. The molecule has 0 atom stereocenters. The first kappa shape index (κ1) is 7.83. The lowest BCUT2D eigenvalue weighted by molar-refractivity contribution is 0.638. The largest absolute Gasteiger partial charge is 0.263 e. The highest BCUT2D eigenvalue weighted by molar-refractivity contribution is 7.97. The van der Waals surface area contributed by atoms with Crippen molar-refractivity contribution < 1.29 is 0 Å². The molecule has 0 radical (unpaired) electrons. The molecule has 0 aliphatic carbocycles. The summed E-state index contributed by atoms with van der Waals surface area (Å²) >= 11 is 1.74. The van der Waals surface area contributed by atoms with Gasteiger partial charge in [0.15, 0.2) is 0 Å². The average molecular weight is 178 g/mol. The molecule has 3 heteroatoms. The predicted molar refractivity (Wildman–Crippen MR) is 51.8 cm³/mol. The first-order valence-corrected chi connectivity index (χ1v) is 4.63. The van der Waals surface area contributed by atoms with Crippen LogP contribution >= 0.6 is 11.9 Å². The number of aromatic nitrogens is 1. The third-order valence-corrected chi connectivity index (χ3v) is 2.73. The van der Waals surface area contributed by atoms with Gasteiger partial charge in [-0.1, -0.05) is 12.2 Å². The zero-order valence-electron chi connectivity index (χ0n) is 6.90. The highest BCUT2D eigenvalue weighted by atomic mass is 32.2. The van der Waals surface area contributed by atoms with E-state index in [0.29, 0.717) is 0 Å². The van der Waals surface area contributed by atoms with Crippen LogP contribution in [-0.2, 0) is 0 Å². The predicted octanol–water partition coefficient (Wildman–Crippen LogP) is 2.05. The molecule has 0 fully saturated rings. The van der Waals surface area contributed by atoms with Gasteiger partial charge in [0.25, 0.3) is 0 Å². The molecule has 12 heavy (non-hydrogen) atoms. The Morgan fingerprint density at radius 1 is 1.58 bits per heavy atom. The summed E-state index contributed by atoms with van der Waals surface area (Å²) in [7, 11) is 2.08. The average Bonchev–Trinajstić information content (AvgIpc) is 2.25. The molecule has 62 valence electrons. The molecule has 2 heterocycles. The van der Waals surface area contributed by atoms with Gasteiger partial charge in [0.05, 0.1) is 0 Å². The van der Waals surface area contributed by atoms with Crippen molar-refractivity contribution in [2.75, 3.05) is 13.6 Å². The van der Waals surface area contributed by atoms with E-state index in [4.69, 9.17) is 0 Å². The molecule has 0 saturated heterocycles. The molecular formula is C9H10N2S. The summed E-state index contributed by atoms with van der Waals surface area (Å²) in [4.78, 5) is 5.32. The summed E-state index contributed by atoms with van der Waals surface area (Å²) in [6.07, 6.45) is 8.05. The maximum absolute atomic E-state index is 4.09. The topological polar surface area (TPSA) is 16.1 Å². The minimum atomic E-state index is 0.985. The number of likely N-dealkylation sites (N-methyl/N-ethyl adjacent to an activating group) is 1. The van der Waals surface area contributed by atoms with E-state index in [1.165, 1.54) is 10.5 Å². The molecule has 1 aliphatic rings. The summed E-state index contributed by atoms with van der Waals surface area (Å²) in [6.45, 7) is 0.985. The van der Waals surface area contributed by atoms with Gasteiger partial charge in [-0.25, -0.2) is 4.31 Å². The second kappa shape index (κ2) is 3.29. The molecule has 1 aromatic rings. The van der Waals surface area contributed by atoms with Crippen LogP contribution in [0.5, 0.6) is 0 Å². The second-order valence-electron chi connectivity index (χ2n) is 2.72. The van der Waals surface area contributed by atoms with E-state index in [9.17, 15) is 0 Å². The Morgan fingerprint density at radius 2 is 2.50 bits per heavy atom. The van der Waals surface area contributed by atoms with Crippen molar-refractivity contribution in [3.05, 3.63) is 30.1 Å². The molecule has 0 unspecified atom stereocenters. The van der Waals surface area contributed by atoms with Gasteiger partial charge in [0, 0.05) is 23.8 Å². The first-order chi connectivity index (χ1) is 5.86. The lowest BCUT2D eigenvalue weighted by Crippen LogP contribution is -2.06. The molecule has 1 aliphatic heterocycles. The minimum Gasteiger partial charge on any atom is -0.263 e. The van der Waals surface area contributed by atoms with Crippen LogP contribution < -0.4 is 0 Å². The number of pyridine rings is 1. The van der Waals surface area contributed by atoms with Gasteiger partial charge in [0.1, 0.15) is 0 Å². The van der Waals surface area contributed by atoms with E-state index in [-0.39, 0.29) is 0 Å². The van der Waals surface area contributed by atoms with Gasteiger partial charge >= 0.3 is 0 Å². The van der Waals surface area contributed by atoms with Gasteiger partial charge in [-0.15, -0.1) is 0 Å². The number of nitrogens with zero attached hydrogens (tertiary/aromatic N) is 2. The van der Waals surface area contributed by atoms with Gasteiger partial charge in [-0.3, -0.25) is 4.98 Å². The normalized spacial score (nSPS) is 17.1. The summed E-state index contributed by atoms with van der Waals surface area (Å²) in [5.74, 6) is 0. The lowest BCUT2D eigenvalue weighted by atomic mass is 10.2. The molecule has 0 N–H and O–H groups in total. The van der Waals surface area contributed by atoms with E-state index >= 15 is 0 Å². The van der Waals surface area contributed by atoms with E-state index in [1.807, 2.05) is 18.5 Å². The molecule has 2 nitrogen and oxygen atoms in total. The third kappa shape index (κ3) is 1.52. The SMILES string of the molecule is CN1CC=Cc2ccncc2S1. The van der Waals surface area contributed by atoms with Crippen molar-refractivity contribution in [1.29, 1.82) is 0 Å². The Labute approximate surface area is 76.4 Å². The monoisotopic (exact) mass is 178 g/mol. The summed E-state index contributed by atoms with van der Waals surface area (Å²) in [5.41, 5.74) is 1.26. The molecular weight excluding hydrogens is 168 g/mol. The zero-order valence-corrected chi connectivity index (χ0v) is 7.71. The minimum absolute atomic E-state index is 0.985. The van der Waals surface area contributed by atoms with Crippen LogP contribution in [0.1, 0.15) is 5.56 Å². The first-order valence-electron chi connectivity index (χ1n) is 3.86. The van der Waals surface area contributed by atoms with Crippen molar-refractivity contribution >= 4 is 18.0 Å². The number of hydrogen-bond acceptors (Lipinski definition) is 3. The molecule has 0 amide bonds. The summed E-state index contributed by atoms with van der Waals surface area (Å²) in [6, 6.07) is 2.04. The zero-order chi connectivity index (χ0) is 8.39. The summed E-state index contributed by atoms with van der Waals surface area (Å²) in [5, 5.41) is 0. The molecule has 0 saturated carbocycles. The second-order valence-corrected chi connectivity index (χ2v) is 3.96. The van der Waals surface area contributed by atoms with Gasteiger partial charge < -0.3 is 0 Å². The molecule has 0 aromatic carbocycles. The molecule has 0 spiro atoms. The van der Waals surface area contributed by atoms with Crippen LogP contribution in [0.25, 0.3) is 6.08 Å². The van der Waals surface area contributed by atoms with Crippen molar-refractivity contribution in [3.63, 3.8) is 0 Å². The van der Waals surface area contributed by atoms with Gasteiger partial charge in [0.2, 0.25) is 0 Å². The fourth-order valence-corrected chi connectivity index (χ4v) is 1.98. The Hall–Kier alpha value is -0.800. The van der Waals surface area contributed by atoms with Crippen LogP contribution in [0.3, 0.4) is 0 Å². The van der Waals surface area contributed by atoms with E-state index < -0.39 is 0 Å². The van der Waals surface area contributed by atoms with E-state index in [1.54, 1.807) is 11.9 Å². The van der Waals surface area contributed by atoms with Crippen molar-refractivity contribution in [2.45, 2.75) is 4.90 Å². The third-order valence-electron chi connectivity index (χ3n) is 1.73. The summed E-state index contributed by atoms with van der Waals surface area (Å²) < 4.78 is 2.18. The Kier molecular flexibility index (Phi) is 2.15. The molecule has 2 rings (SSSR count). The van der Waals surface area contributed by atoms with Crippen LogP contribution in [0.2, 0.25) is 0 Å². The van der Waals surface area contributed by atoms with E-state index in [0.717, 1.165) is 6.54 Å².